The molecule has 0 saturated heterocycles. The summed E-state index contributed by atoms with van der Waals surface area (Å²) in [5, 5.41) is 0.393. The van der Waals surface area contributed by atoms with E-state index in [0.717, 1.165) is 5.56 Å². The Morgan fingerprint density at radius 2 is 2.07 bits per heavy atom. The minimum atomic E-state index is -0.343. The molecule has 0 atom stereocenters. The normalized spacial score (nSPS) is 10.3. The van der Waals surface area contributed by atoms with Crippen molar-refractivity contribution in [2.24, 2.45) is 0 Å². The highest BCUT2D eigenvalue weighted by Gasteiger charge is 2.08. The van der Waals surface area contributed by atoms with Gasteiger partial charge in [-0.15, -0.1) is 0 Å². The van der Waals surface area contributed by atoms with Gasteiger partial charge in [-0.1, -0.05) is 17.7 Å². The third-order valence-electron chi connectivity index (χ3n) is 2.20. The fraction of sp³-hybridized carbons (Fsp3) is 0.0833. The molecule has 0 radical (unpaired) electrons. The summed E-state index contributed by atoms with van der Waals surface area (Å²) >= 11 is 5.68. The van der Waals surface area contributed by atoms with Crippen LogP contribution >= 0.6 is 11.6 Å². The summed E-state index contributed by atoms with van der Waals surface area (Å²) < 4.78 is 13.6. The van der Waals surface area contributed by atoms with Crippen LogP contribution < -0.4 is 0 Å². The van der Waals surface area contributed by atoms with Crippen LogP contribution in [0.3, 0.4) is 0 Å². The molecule has 2 rings (SSSR count). The lowest BCUT2D eigenvalue weighted by Crippen LogP contribution is -1.90. The minimum Gasteiger partial charge on any atom is -0.256 e. The van der Waals surface area contributed by atoms with E-state index in [9.17, 15) is 4.39 Å². The van der Waals surface area contributed by atoms with Crippen molar-refractivity contribution in [2.45, 2.75) is 6.92 Å². The molecule has 0 N–H and O–H groups in total. The first-order chi connectivity index (χ1) is 7.18. The van der Waals surface area contributed by atoms with Crippen LogP contribution in [0.25, 0.3) is 11.3 Å². The van der Waals surface area contributed by atoms with Gasteiger partial charge in [0.15, 0.2) is 0 Å². The molecule has 1 aromatic carbocycles. The highest BCUT2D eigenvalue weighted by molar-refractivity contribution is 6.30. The lowest BCUT2D eigenvalue weighted by atomic mass is 10.1. The van der Waals surface area contributed by atoms with Crippen molar-refractivity contribution in [1.82, 2.24) is 4.98 Å². The summed E-state index contributed by atoms with van der Waals surface area (Å²) in [5.41, 5.74) is 2.09. The van der Waals surface area contributed by atoms with Crippen molar-refractivity contribution in [2.75, 3.05) is 0 Å². The first kappa shape index (κ1) is 10.1. The van der Waals surface area contributed by atoms with Crippen LogP contribution in [0.5, 0.6) is 0 Å². The molecular weight excluding hydrogens is 213 g/mol. The Balaban J connectivity index is 2.60. The van der Waals surface area contributed by atoms with Crippen molar-refractivity contribution in [3.05, 3.63) is 52.9 Å². The number of nitrogens with zero attached hydrogens (tertiary/aromatic N) is 1. The number of hydrogen-bond donors (Lipinski definition) is 0. The molecule has 1 heterocycles. The number of hydrogen-bond acceptors (Lipinski definition) is 1. The quantitative estimate of drug-likeness (QED) is 0.713. The van der Waals surface area contributed by atoms with Crippen LogP contribution in [0.2, 0.25) is 5.02 Å². The second kappa shape index (κ2) is 3.99. The Bertz CT molecular complexity index is 497. The van der Waals surface area contributed by atoms with Gasteiger partial charge in [-0.2, -0.15) is 0 Å². The van der Waals surface area contributed by atoms with Crippen molar-refractivity contribution in [3.8, 4) is 11.3 Å². The second-order valence-corrected chi connectivity index (χ2v) is 3.73. The Hall–Kier alpha value is -1.41. The van der Waals surface area contributed by atoms with Gasteiger partial charge >= 0.3 is 0 Å². The zero-order valence-corrected chi connectivity index (χ0v) is 8.92. The summed E-state index contributed by atoms with van der Waals surface area (Å²) in [5.74, 6) is -0.343. The van der Waals surface area contributed by atoms with Gasteiger partial charge in [-0.3, -0.25) is 4.98 Å². The smallest absolute Gasteiger partial charge is 0.134 e. The highest BCUT2D eigenvalue weighted by atomic mass is 35.5. The van der Waals surface area contributed by atoms with Crippen LogP contribution in [-0.2, 0) is 0 Å². The fourth-order valence-electron chi connectivity index (χ4n) is 1.45. The van der Waals surface area contributed by atoms with Gasteiger partial charge in [0.2, 0.25) is 0 Å². The molecule has 1 aromatic heterocycles. The van der Waals surface area contributed by atoms with E-state index in [-0.39, 0.29) is 5.82 Å². The van der Waals surface area contributed by atoms with Crippen molar-refractivity contribution >= 4 is 11.6 Å². The van der Waals surface area contributed by atoms with Gasteiger partial charge in [0.25, 0.3) is 0 Å². The van der Waals surface area contributed by atoms with E-state index in [0.29, 0.717) is 16.3 Å². The zero-order chi connectivity index (χ0) is 10.8. The van der Waals surface area contributed by atoms with Gasteiger partial charge in [-0.05, 0) is 36.8 Å². The largest absolute Gasteiger partial charge is 0.256 e. The van der Waals surface area contributed by atoms with E-state index >= 15 is 0 Å². The molecule has 0 aliphatic rings. The maximum Gasteiger partial charge on any atom is 0.134 e. The Morgan fingerprint density at radius 3 is 2.73 bits per heavy atom. The standard InChI is InChI=1S/C12H9ClFN/c1-8-3-2-6-15-12(8)10-5-4-9(13)7-11(10)14/h2-7H,1H3. The van der Waals surface area contributed by atoms with Gasteiger partial charge in [0.1, 0.15) is 5.82 Å². The highest BCUT2D eigenvalue weighted by Crippen LogP contribution is 2.25. The molecule has 15 heavy (non-hydrogen) atoms. The molecule has 0 aliphatic carbocycles. The number of aromatic nitrogens is 1. The van der Waals surface area contributed by atoms with Crippen molar-refractivity contribution < 1.29 is 4.39 Å². The van der Waals surface area contributed by atoms with E-state index in [4.69, 9.17) is 11.6 Å². The maximum atomic E-state index is 13.6. The summed E-state index contributed by atoms with van der Waals surface area (Å²) in [6.45, 7) is 1.90. The van der Waals surface area contributed by atoms with Crippen LogP contribution in [0.4, 0.5) is 4.39 Å². The topological polar surface area (TPSA) is 12.9 Å². The minimum absolute atomic E-state index is 0.343. The summed E-state index contributed by atoms with van der Waals surface area (Å²) in [6.07, 6.45) is 1.65. The molecule has 76 valence electrons. The van der Waals surface area contributed by atoms with Crippen LogP contribution in [0, 0.1) is 12.7 Å². The molecule has 2 aromatic rings. The number of pyridine rings is 1. The average Bonchev–Trinajstić information content (AvgIpc) is 2.20. The number of benzene rings is 1. The van der Waals surface area contributed by atoms with Gasteiger partial charge in [0, 0.05) is 16.8 Å². The Kier molecular flexibility index (Phi) is 2.69. The predicted octanol–water partition coefficient (Wildman–Crippen LogP) is 3.85. The fourth-order valence-corrected chi connectivity index (χ4v) is 1.61. The molecule has 1 nitrogen and oxygen atoms in total. The molecular formula is C12H9ClFN. The summed E-state index contributed by atoms with van der Waals surface area (Å²) in [4.78, 5) is 4.16. The molecule has 0 aliphatic heterocycles. The number of rotatable bonds is 1. The molecule has 0 unspecified atom stereocenters. The van der Waals surface area contributed by atoms with E-state index in [1.54, 1.807) is 18.3 Å². The number of aryl methyl sites for hydroxylation is 1. The van der Waals surface area contributed by atoms with Gasteiger partial charge in [-0.25, -0.2) is 4.39 Å². The third kappa shape index (κ3) is 2.00. The zero-order valence-electron chi connectivity index (χ0n) is 8.17. The van der Waals surface area contributed by atoms with E-state index in [2.05, 4.69) is 4.98 Å². The van der Waals surface area contributed by atoms with Gasteiger partial charge < -0.3 is 0 Å². The van der Waals surface area contributed by atoms with E-state index in [1.807, 2.05) is 19.1 Å². The first-order valence-electron chi connectivity index (χ1n) is 4.55. The third-order valence-corrected chi connectivity index (χ3v) is 2.43. The SMILES string of the molecule is Cc1cccnc1-c1ccc(Cl)cc1F. The summed E-state index contributed by atoms with van der Waals surface area (Å²) in [6, 6.07) is 8.33. The molecule has 0 saturated carbocycles. The molecule has 0 spiro atoms. The Morgan fingerprint density at radius 1 is 1.27 bits per heavy atom. The molecule has 0 bridgehead atoms. The van der Waals surface area contributed by atoms with Crippen LogP contribution in [0.15, 0.2) is 36.5 Å². The lowest BCUT2D eigenvalue weighted by Gasteiger charge is -2.05. The second-order valence-electron chi connectivity index (χ2n) is 3.29. The van der Waals surface area contributed by atoms with Crippen LogP contribution in [-0.4, -0.2) is 4.98 Å². The molecule has 0 fully saturated rings. The summed E-state index contributed by atoms with van der Waals surface area (Å²) in [7, 11) is 0. The van der Waals surface area contributed by atoms with E-state index in [1.165, 1.54) is 6.07 Å². The Labute approximate surface area is 92.5 Å². The predicted molar refractivity (Wildman–Crippen MR) is 59.4 cm³/mol. The molecule has 3 heteroatoms. The monoisotopic (exact) mass is 221 g/mol. The van der Waals surface area contributed by atoms with Crippen LogP contribution in [0.1, 0.15) is 5.56 Å². The van der Waals surface area contributed by atoms with Gasteiger partial charge in [0.05, 0.1) is 5.69 Å². The average molecular weight is 222 g/mol. The van der Waals surface area contributed by atoms with Crippen molar-refractivity contribution in [3.63, 3.8) is 0 Å². The number of halogens is 2. The molecule has 0 amide bonds. The van der Waals surface area contributed by atoms with E-state index < -0.39 is 0 Å². The first-order valence-corrected chi connectivity index (χ1v) is 4.93. The lowest BCUT2D eigenvalue weighted by molar-refractivity contribution is 0.630. The van der Waals surface area contributed by atoms with Crippen molar-refractivity contribution in [1.29, 1.82) is 0 Å². The maximum absolute atomic E-state index is 13.6.